The van der Waals surface area contributed by atoms with Gasteiger partial charge in [-0.2, -0.15) is 0 Å². The second-order valence-corrected chi connectivity index (χ2v) is 5.14. The Balaban J connectivity index is 2.25. The average molecular weight is 270 g/mol. The molecule has 1 aliphatic heterocycles. The number of ether oxygens (including phenoxy) is 1. The lowest BCUT2D eigenvalue weighted by atomic mass is 10.1. The Morgan fingerprint density at radius 1 is 1.67 bits per heavy atom. The normalized spacial score (nSPS) is 19.4. The van der Waals surface area contributed by atoms with E-state index in [1.165, 1.54) is 12.0 Å². The van der Waals surface area contributed by atoms with E-state index in [2.05, 4.69) is 9.72 Å². The van der Waals surface area contributed by atoms with Crippen LogP contribution >= 0.6 is 11.3 Å². The first-order valence-electron chi connectivity index (χ1n) is 5.53. The number of aliphatic hydroxyl groups is 1. The molecule has 1 aliphatic rings. The van der Waals surface area contributed by atoms with Crippen molar-refractivity contribution in [2.24, 2.45) is 5.92 Å². The van der Waals surface area contributed by atoms with Crippen LogP contribution in [0.25, 0.3) is 0 Å². The molecule has 0 spiro atoms. The third-order valence-electron chi connectivity index (χ3n) is 2.85. The molecule has 0 radical (unpaired) electrons. The fraction of sp³-hybridized carbons (Fsp3) is 0.545. The Bertz CT molecular complexity index is 485. The lowest BCUT2D eigenvalue weighted by molar-refractivity contribution is -0.117. The predicted octanol–water partition coefficient (Wildman–Crippen LogP) is 0.583. The highest BCUT2D eigenvalue weighted by molar-refractivity contribution is 7.17. The summed E-state index contributed by atoms with van der Waals surface area (Å²) in [5.74, 6) is -0.566. The molecule has 1 N–H and O–H groups in total. The maximum atomic E-state index is 11.8. The van der Waals surface area contributed by atoms with E-state index in [9.17, 15) is 9.59 Å². The van der Waals surface area contributed by atoms with Crippen molar-refractivity contribution < 1.29 is 19.4 Å². The third kappa shape index (κ3) is 2.23. The van der Waals surface area contributed by atoms with E-state index >= 15 is 0 Å². The Morgan fingerprint density at radius 2 is 2.39 bits per heavy atom. The maximum absolute atomic E-state index is 11.8. The van der Waals surface area contributed by atoms with E-state index in [4.69, 9.17) is 5.11 Å². The summed E-state index contributed by atoms with van der Waals surface area (Å²) in [6.45, 7) is 2.13. The summed E-state index contributed by atoms with van der Waals surface area (Å²) in [6, 6.07) is 0. The molecule has 0 saturated carbocycles. The standard InChI is InChI=1S/C11H14N2O4S/c1-6-9(10(16)17-2)18-11(12-6)13-4-7(5-14)3-8(13)15/h7,14H,3-5H2,1-2H3. The van der Waals surface area contributed by atoms with Crippen LogP contribution in [0.15, 0.2) is 0 Å². The molecule has 2 heterocycles. The van der Waals surface area contributed by atoms with Crippen LogP contribution in [0.2, 0.25) is 0 Å². The van der Waals surface area contributed by atoms with E-state index in [0.29, 0.717) is 28.7 Å². The number of thiazole rings is 1. The fourth-order valence-electron chi connectivity index (χ4n) is 1.87. The molecule has 1 aromatic heterocycles. The van der Waals surface area contributed by atoms with Crippen molar-refractivity contribution in [3.63, 3.8) is 0 Å². The predicted molar refractivity (Wildman–Crippen MR) is 65.7 cm³/mol. The number of amides is 1. The first kappa shape index (κ1) is 13.0. The number of anilines is 1. The molecule has 6 nitrogen and oxygen atoms in total. The number of rotatable bonds is 3. The molecule has 98 valence electrons. The molecule has 0 aromatic carbocycles. The number of aliphatic hydroxyl groups excluding tert-OH is 1. The minimum atomic E-state index is -0.443. The first-order valence-corrected chi connectivity index (χ1v) is 6.35. The molecular formula is C11H14N2O4S. The smallest absolute Gasteiger partial charge is 0.350 e. The zero-order valence-electron chi connectivity index (χ0n) is 10.2. The minimum absolute atomic E-state index is 0.0174. The Morgan fingerprint density at radius 3 is 2.94 bits per heavy atom. The van der Waals surface area contributed by atoms with E-state index < -0.39 is 5.97 Å². The molecule has 0 aliphatic carbocycles. The van der Waals surface area contributed by atoms with Crippen molar-refractivity contribution in [1.82, 2.24) is 4.98 Å². The van der Waals surface area contributed by atoms with Crippen LogP contribution in [-0.2, 0) is 9.53 Å². The minimum Gasteiger partial charge on any atom is -0.465 e. The van der Waals surface area contributed by atoms with E-state index in [0.717, 1.165) is 11.3 Å². The van der Waals surface area contributed by atoms with Crippen LogP contribution in [0.3, 0.4) is 0 Å². The van der Waals surface area contributed by atoms with Crippen LogP contribution < -0.4 is 4.90 Å². The van der Waals surface area contributed by atoms with Gasteiger partial charge in [0.2, 0.25) is 5.91 Å². The highest BCUT2D eigenvalue weighted by Gasteiger charge is 2.32. The van der Waals surface area contributed by atoms with Crippen LogP contribution in [0.5, 0.6) is 0 Å². The molecule has 7 heteroatoms. The number of carbonyl (C=O) groups excluding carboxylic acids is 2. The Hall–Kier alpha value is -1.47. The van der Waals surface area contributed by atoms with Gasteiger partial charge in [-0.1, -0.05) is 11.3 Å². The van der Waals surface area contributed by atoms with Gasteiger partial charge in [0.05, 0.1) is 12.8 Å². The van der Waals surface area contributed by atoms with Crippen LogP contribution in [0, 0.1) is 12.8 Å². The van der Waals surface area contributed by atoms with Crippen molar-refractivity contribution in [3.8, 4) is 0 Å². The molecule has 1 saturated heterocycles. The van der Waals surface area contributed by atoms with Gasteiger partial charge < -0.3 is 9.84 Å². The number of aryl methyl sites for hydroxylation is 1. The van der Waals surface area contributed by atoms with Gasteiger partial charge in [0.25, 0.3) is 0 Å². The summed E-state index contributed by atoms with van der Waals surface area (Å²) in [5.41, 5.74) is 0.557. The molecule has 2 rings (SSSR count). The quantitative estimate of drug-likeness (QED) is 0.813. The molecular weight excluding hydrogens is 256 g/mol. The van der Waals surface area contributed by atoms with Crippen molar-refractivity contribution >= 4 is 28.3 Å². The number of hydrogen-bond donors (Lipinski definition) is 1. The van der Waals surface area contributed by atoms with Crippen LogP contribution in [0.4, 0.5) is 5.13 Å². The summed E-state index contributed by atoms with van der Waals surface area (Å²) >= 11 is 1.14. The topological polar surface area (TPSA) is 79.7 Å². The SMILES string of the molecule is COC(=O)c1sc(N2CC(CO)CC2=O)nc1C. The van der Waals surface area contributed by atoms with E-state index in [1.54, 1.807) is 6.92 Å². The maximum Gasteiger partial charge on any atom is 0.350 e. The number of nitrogens with zero attached hydrogens (tertiary/aromatic N) is 2. The fourth-order valence-corrected chi connectivity index (χ4v) is 2.88. The van der Waals surface area contributed by atoms with E-state index in [-0.39, 0.29) is 18.4 Å². The third-order valence-corrected chi connectivity index (χ3v) is 4.01. The zero-order valence-corrected chi connectivity index (χ0v) is 11.0. The number of hydrogen-bond acceptors (Lipinski definition) is 6. The van der Waals surface area contributed by atoms with Gasteiger partial charge in [0.1, 0.15) is 4.88 Å². The van der Waals surface area contributed by atoms with E-state index in [1.807, 2.05) is 0 Å². The summed E-state index contributed by atoms with van der Waals surface area (Å²) in [6.07, 6.45) is 0.322. The zero-order chi connectivity index (χ0) is 13.3. The summed E-state index contributed by atoms with van der Waals surface area (Å²) < 4.78 is 4.65. The summed E-state index contributed by atoms with van der Waals surface area (Å²) in [7, 11) is 1.31. The Labute approximate surface area is 108 Å². The second kappa shape index (κ2) is 5.03. The van der Waals surface area contributed by atoms with Crippen molar-refractivity contribution in [2.75, 3.05) is 25.2 Å². The lowest BCUT2D eigenvalue weighted by Crippen LogP contribution is -2.24. The molecule has 1 aromatic rings. The van der Waals surface area contributed by atoms with Gasteiger partial charge in [0.15, 0.2) is 5.13 Å². The Kier molecular flexibility index (Phi) is 3.63. The van der Waals surface area contributed by atoms with Gasteiger partial charge in [-0.3, -0.25) is 9.69 Å². The van der Waals surface area contributed by atoms with Crippen molar-refractivity contribution in [1.29, 1.82) is 0 Å². The molecule has 1 fully saturated rings. The lowest BCUT2D eigenvalue weighted by Gasteiger charge is -2.11. The largest absolute Gasteiger partial charge is 0.465 e. The summed E-state index contributed by atoms with van der Waals surface area (Å²) in [5, 5.41) is 9.56. The number of esters is 1. The van der Waals surface area contributed by atoms with Crippen molar-refractivity contribution in [2.45, 2.75) is 13.3 Å². The highest BCUT2D eigenvalue weighted by atomic mass is 32.1. The second-order valence-electron chi connectivity index (χ2n) is 4.16. The van der Waals surface area contributed by atoms with Crippen molar-refractivity contribution in [3.05, 3.63) is 10.6 Å². The molecule has 1 atom stereocenters. The highest BCUT2D eigenvalue weighted by Crippen LogP contribution is 2.31. The van der Waals surface area contributed by atoms with Gasteiger partial charge in [-0.15, -0.1) is 0 Å². The van der Waals surface area contributed by atoms with Crippen LogP contribution in [-0.4, -0.2) is 42.2 Å². The van der Waals surface area contributed by atoms with Gasteiger partial charge >= 0.3 is 5.97 Å². The number of methoxy groups -OCH3 is 1. The molecule has 18 heavy (non-hydrogen) atoms. The van der Waals surface area contributed by atoms with Crippen LogP contribution in [0.1, 0.15) is 21.8 Å². The molecule has 1 unspecified atom stereocenters. The van der Waals surface area contributed by atoms with Gasteiger partial charge in [-0.05, 0) is 6.92 Å². The average Bonchev–Trinajstić information content (AvgIpc) is 2.91. The summed E-state index contributed by atoms with van der Waals surface area (Å²) in [4.78, 5) is 29.4. The first-order chi connectivity index (χ1) is 8.56. The molecule has 0 bridgehead atoms. The number of carbonyl (C=O) groups is 2. The number of aromatic nitrogens is 1. The molecule has 1 amide bonds. The van der Waals surface area contributed by atoms with Gasteiger partial charge in [0, 0.05) is 25.5 Å². The monoisotopic (exact) mass is 270 g/mol. The van der Waals surface area contributed by atoms with Gasteiger partial charge in [-0.25, -0.2) is 9.78 Å².